The minimum atomic E-state index is 1.08. The molecule has 300 valence electrons. The number of hydrogen-bond donors (Lipinski definition) is 0. The van der Waals surface area contributed by atoms with Crippen molar-refractivity contribution in [3.63, 3.8) is 0 Å². The van der Waals surface area contributed by atoms with E-state index in [4.69, 9.17) is 0 Å². The van der Waals surface area contributed by atoms with E-state index in [9.17, 15) is 0 Å². The monoisotopic (exact) mass is 814 g/mol. The van der Waals surface area contributed by atoms with Gasteiger partial charge in [0.1, 0.15) is 0 Å². The van der Waals surface area contributed by atoms with Gasteiger partial charge in [-0.2, -0.15) is 0 Å². The van der Waals surface area contributed by atoms with E-state index in [1.807, 2.05) is 0 Å². The molecule has 0 aliphatic rings. The fourth-order valence-electron chi connectivity index (χ4n) is 9.83. The van der Waals surface area contributed by atoms with E-state index in [2.05, 4.69) is 264 Å². The van der Waals surface area contributed by atoms with Gasteiger partial charge >= 0.3 is 0 Å². The molecule has 0 unspecified atom stereocenters. The molecule has 0 bridgehead atoms. The van der Waals surface area contributed by atoms with E-state index in [0.717, 1.165) is 28.3 Å². The summed E-state index contributed by atoms with van der Waals surface area (Å²) in [6.07, 6.45) is 0. The van der Waals surface area contributed by atoms with Crippen molar-refractivity contribution in [2.75, 3.05) is 4.90 Å². The van der Waals surface area contributed by atoms with Crippen molar-refractivity contribution in [2.45, 2.75) is 0 Å². The number of para-hydroxylation sites is 1. The van der Waals surface area contributed by atoms with Crippen molar-refractivity contribution in [2.24, 2.45) is 0 Å². The molecule has 2 nitrogen and oxygen atoms in total. The van der Waals surface area contributed by atoms with Gasteiger partial charge in [-0.05, 0) is 115 Å². The van der Waals surface area contributed by atoms with Crippen LogP contribution >= 0.6 is 0 Å². The van der Waals surface area contributed by atoms with Crippen molar-refractivity contribution in [1.29, 1.82) is 0 Å². The van der Waals surface area contributed by atoms with Crippen molar-refractivity contribution < 1.29 is 0 Å². The highest BCUT2D eigenvalue weighted by molar-refractivity contribution is 6.21. The summed E-state index contributed by atoms with van der Waals surface area (Å²) >= 11 is 0. The Balaban J connectivity index is 1.03. The SMILES string of the molecule is c1ccc(-c2cccc(N(c3ccc(-c4c(-c5ccccc5)cccc4-n4c5ccccc5c5c6ccccc6ccc54)cc3)c3ccc(-c4cccc5ccccc45)cc3)c2)cc1. The average Bonchev–Trinajstić information content (AvgIpc) is 3.72. The Morgan fingerprint density at radius 1 is 0.281 bits per heavy atom. The molecule has 0 N–H and O–H groups in total. The quantitative estimate of drug-likeness (QED) is 0.148. The number of nitrogens with zero attached hydrogens (tertiary/aromatic N) is 2. The molecule has 0 radical (unpaired) electrons. The van der Waals surface area contributed by atoms with Crippen molar-refractivity contribution in [3.05, 3.63) is 255 Å². The second-order valence-corrected chi connectivity index (χ2v) is 16.5. The molecule has 0 saturated carbocycles. The largest absolute Gasteiger partial charge is 0.310 e. The lowest BCUT2D eigenvalue weighted by molar-refractivity contribution is 1.18. The van der Waals surface area contributed by atoms with Crippen LogP contribution in [0.2, 0.25) is 0 Å². The van der Waals surface area contributed by atoms with Crippen LogP contribution in [0, 0.1) is 0 Å². The second-order valence-electron chi connectivity index (χ2n) is 16.5. The number of benzene rings is 11. The highest BCUT2D eigenvalue weighted by Crippen LogP contribution is 2.44. The first-order chi connectivity index (χ1) is 31.8. The van der Waals surface area contributed by atoms with Crippen LogP contribution in [0.1, 0.15) is 0 Å². The summed E-state index contributed by atoms with van der Waals surface area (Å²) in [5.74, 6) is 0. The van der Waals surface area contributed by atoms with Crippen LogP contribution in [-0.2, 0) is 0 Å². The fraction of sp³-hybridized carbons (Fsp3) is 0. The maximum absolute atomic E-state index is 2.48. The molecule has 0 saturated heterocycles. The molecule has 2 heteroatoms. The van der Waals surface area contributed by atoms with E-state index < -0.39 is 0 Å². The Morgan fingerprint density at radius 2 is 0.812 bits per heavy atom. The third-order valence-electron chi connectivity index (χ3n) is 12.8. The van der Waals surface area contributed by atoms with Crippen molar-refractivity contribution in [1.82, 2.24) is 4.57 Å². The van der Waals surface area contributed by atoms with Crippen LogP contribution in [0.5, 0.6) is 0 Å². The summed E-state index contributed by atoms with van der Waals surface area (Å²) in [4.78, 5) is 2.38. The molecule has 0 fully saturated rings. The van der Waals surface area contributed by atoms with Gasteiger partial charge in [0.25, 0.3) is 0 Å². The normalized spacial score (nSPS) is 11.4. The van der Waals surface area contributed by atoms with Gasteiger partial charge < -0.3 is 9.47 Å². The zero-order valence-electron chi connectivity index (χ0n) is 35.1. The Kier molecular flexibility index (Phi) is 9.20. The third kappa shape index (κ3) is 6.44. The molecule has 11 aromatic carbocycles. The van der Waals surface area contributed by atoms with Gasteiger partial charge in [0.2, 0.25) is 0 Å². The number of rotatable bonds is 8. The maximum atomic E-state index is 2.48. The topological polar surface area (TPSA) is 8.17 Å². The van der Waals surface area contributed by atoms with Gasteiger partial charge in [-0.1, -0.05) is 200 Å². The van der Waals surface area contributed by atoms with Gasteiger partial charge in [-0.3, -0.25) is 0 Å². The maximum Gasteiger partial charge on any atom is 0.0547 e. The summed E-state index contributed by atoms with van der Waals surface area (Å²) in [6.45, 7) is 0. The Hall–Kier alpha value is -8.46. The zero-order chi connectivity index (χ0) is 42.4. The first-order valence-electron chi connectivity index (χ1n) is 22.0. The van der Waals surface area contributed by atoms with E-state index >= 15 is 0 Å². The smallest absolute Gasteiger partial charge is 0.0547 e. The summed E-state index contributed by atoms with van der Waals surface area (Å²) in [7, 11) is 0. The van der Waals surface area contributed by atoms with E-state index in [0.29, 0.717) is 0 Å². The third-order valence-corrected chi connectivity index (χ3v) is 12.8. The van der Waals surface area contributed by atoms with Crippen molar-refractivity contribution >= 4 is 60.4 Å². The van der Waals surface area contributed by atoms with Gasteiger partial charge in [0.15, 0.2) is 0 Å². The summed E-state index contributed by atoms with van der Waals surface area (Å²) in [5.41, 5.74) is 16.3. The number of fused-ring (bicyclic) bond motifs is 6. The fourth-order valence-corrected chi connectivity index (χ4v) is 9.83. The van der Waals surface area contributed by atoms with Crippen LogP contribution in [0.15, 0.2) is 255 Å². The Morgan fingerprint density at radius 3 is 1.56 bits per heavy atom. The number of hydrogen-bond acceptors (Lipinski definition) is 1. The lowest BCUT2D eigenvalue weighted by atomic mass is 9.92. The Bertz CT molecular complexity index is 3640. The van der Waals surface area contributed by atoms with Crippen LogP contribution in [0.4, 0.5) is 17.1 Å². The molecule has 1 aromatic heterocycles. The molecule has 0 atom stereocenters. The first-order valence-corrected chi connectivity index (χ1v) is 22.0. The van der Waals surface area contributed by atoms with E-state index in [1.165, 1.54) is 82.3 Å². The molecule has 0 spiro atoms. The van der Waals surface area contributed by atoms with Gasteiger partial charge in [0, 0.05) is 33.4 Å². The first kappa shape index (κ1) is 37.3. The Labute approximate surface area is 373 Å². The minimum Gasteiger partial charge on any atom is -0.310 e. The molecule has 0 amide bonds. The molecule has 64 heavy (non-hydrogen) atoms. The summed E-state index contributed by atoms with van der Waals surface area (Å²) in [6, 6.07) is 92.7. The van der Waals surface area contributed by atoms with E-state index in [-0.39, 0.29) is 0 Å². The predicted molar refractivity (Wildman–Crippen MR) is 272 cm³/mol. The molecular formula is C62H42N2. The molecule has 0 aliphatic heterocycles. The van der Waals surface area contributed by atoms with Gasteiger partial charge in [-0.15, -0.1) is 0 Å². The highest BCUT2D eigenvalue weighted by atomic mass is 15.1. The van der Waals surface area contributed by atoms with Gasteiger partial charge in [-0.25, -0.2) is 0 Å². The van der Waals surface area contributed by atoms with Crippen LogP contribution in [0.25, 0.3) is 93.5 Å². The zero-order valence-corrected chi connectivity index (χ0v) is 35.1. The molecule has 0 aliphatic carbocycles. The number of anilines is 3. The van der Waals surface area contributed by atoms with Crippen LogP contribution in [0.3, 0.4) is 0 Å². The highest BCUT2D eigenvalue weighted by Gasteiger charge is 2.21. The lowest BCUT2D eigenvalue weighted by Crippen LogP contribution is -2.10. The summed E-state index contributed by atoms with van der Waals surface area (Å²) in [5, 5.41) is 7.54. The number of aromatic nitrogens is 1. The average molecular weight is 815 g/mol. The molecule has 12 aromatic rings. The van der Waals surface area contributed by atoms with Crippen LogP contribution < -0.4 is 4.90 Å². The van der Waals surface area contributed by atoms with E-state index in [1.54, 1.807) is 0 Å². The standard InChI is InChI=1S/C62H42N2/c1-3-16-43(17-4-1)49-23-13-24-52(42-49)63(50-37-32-47(33-38-50)54-28-14-22-44-20-7-9-25-53(44)54)51-39-34-48(35-40-51)61-55(45-18-5-2-6-19-45)29-15-31-59(61)64-58-30-12-11-27-57(58)62-56-26-10-8-21-46(56)36-41-60(62)64/h1-42H. The van der Waals surface area contributed by atoms with Crippen molar-refractivity contribution in [3.8, 4) is 50.2 Å². The predicted octanol–water partition coefficient (Wildman–Crippen LogP) is 17.2. The lowest BCUT2D eigenvalue weighted by Gasteiger charge is -2.27. The molecule has 1 heterocycles. The molecule has 12 rings (SSSR count). The van der Waals surface area contributed by atoms with Crippen LogP contribution in [-0.4, -0.2) is 4.57 Å². The minimum absolute atomic E-state index is 1.08. The van der Waals surface area contributed by atoms with Gasteiger partial charge in [0.05, 0.1) is 16.7 Å². The second kappa shape index (κ2) is 15.8. The summed E-state index contributed by atoms with van der Waals surface area (Å²) < 4.78 is 2.48. The molecular weight excluding hydrogens is 773 g/mol.